The van der Waals surface area contributed by atoms with Crippen LogP contribution in [-0.2, 0) is 16.0 Å². The maximum absolute atomic E-state index is 11.1. The van der Waals surface area contributed by atoms with Crippen LogP contribution in [0.2, 0.25) is 0 Å². The molecule has 0 N–H and O–H groups in total. The van der Waals surface area contributed by atoms with Crippen LogP contribution in [0.15, 0.2) is 47.0 Å². The van der Waals surface area contributed by atoms with Crippen LogP contribution in [-0.4, -0.2) is 23.2 Å². The molecule has 0 aliphatic heterocycles. The van der Waals surface area contributed by atoms with Crippen molar-refractivity contribution in [2.24, 2.45) is 0 Å². The van der Waals surface area contributed by atoms with Crippen molar-refractivity contribution in [2.45, 2.75) is 12.8 Å². The molecule has 0 radical (unpaired) electrons. The number of benzene rings is 2. The molecular weight excluding hydrogens is 268 g/mol. The van der Waals surface area contributed by atoms with Crippen molar-refractivity contribution in [2.75, 3.05) is 7.11 Å². The van der Waals surface area contributed by atoms with Crippen molar-refractivity contribution >= 4 is 16.7 Å². The molecule has 5 heteroatoms. The SMILES string of the molecule is COC(=O)CCc1nc(-c2ccc3ccccc3c2)no1. The molecule has 0 amide bonds. The molecule has 5 nitrogen and oxygen atoms in total. The van der Waals surface area contributed by atoms with Crippen LogP contribution < -0.4 is 0 Å². The van der Waals surface area contributed by atoms with Crippen LogP contribution in [0.25, 0.3) is 22.2 Å². The maximum atomic E-state index is 11.1. The number of nitrogens with zero attached hydrogens (tertiary/aromatic N) is 2. The minimum absolute atomic E-state index is 0.232. The van der Waals surface area contributed by atoms with Crippen molar-refractivity contribution in [3.05, 3.63) is 48.4 Å². The van der Waals surface area contributed by atoms with Crippen molar-refractivity contribution in [1.82, 2.24) is 10.1 Å². The van der Waals surface area contributed by atoms with E-state index in [1.165, 1.54) is 7.11 Å². The predicted molar refractivity (Wildman–Crippen MR) is 77.6 cm³/mol. The number of carbonyl (C=O) groups excluding carboxylic acids is 1. The molecule has 0 spiro atoms. The largest absolute Gasteiger partial charge is 0.469 e. The summed E-state index contributed by atoms with van der Waals surface area (Å²) in [4.78, 5) is 15.4. The fraction of sp³-hybridized carbons (Fsp3) is 0.188. The molecule has 0 fully saturated rings. The Balaban J connectivity index is 1.82. The first-order valence-electron chi connectivity index (χ1n) is 6.65. The van der Waals surface area contributed by atoms with E-state index in [1.54, 1.807) is 0 Å². The zero-order valence-corrected chi connectivity index (χ0v) is 11.6. The third-order valence-corrected chi connectivity index (χ3v) is 3.25. The number of methoxy groups -OCH3 is 1. The zero-order valence-electron chi connectivity index (χ0n) is 11.6. The monoisotopic (exact) mass is 282 g/mol. The molecule has 0 saturated carbocycles. The first kappa shape index (κ1) is 13.3. The Morgan fingerprint density at radius 1 is 1.19 bits per heavy atom. The lowest BCUT2D eigenvalue weighted by atomic mass is 10.1. The standard InChI is InChI=1S/C16H14N2O3/c1-20-15(19)9-8-14-17-16(18-21-14)13-7-6-11-4-2-3-5-12(11)10-13/h2-7,10H,8-9H2,1H3. The Morgan fingerprint density at radius 2 is 2.00 bits per heavy atom. The first-order valence-corrected chi connectivity index (χ1v) is 6.65. The number of carbonyl (C=O) groups is 1. The zero-order chi connectivity index (χ0) is 14.7. The second-order valence-electron chi connectivity index (χ2n) is 4.65. The Morgan fingerprint density at radius 3 is 2.81 bits per heavy atom. The number of aryl methyl sites for hydroxylation is 1. The summed E-state index contributed by atoms with van der Waals surface area (Å²) in [5.74, 6) is 0.671. The van der Waals surface area contributed by atoms with Crippen LogP contribution in [0.1, 0.15) is 12.3 Å². The summed E-state index contributed by atoms with van der Waals surface area (Å²) in [6, 6.07) is 14.1. The number of rotatable bonds is 4. The molecule has 0 unspecified atom stereocenters. The van der Waals surface area contributed by atoms with E-state index in [4.69, 9.17) is 4.52 Å². The normalized spacial score (nSPS) is 10.7. The fourth-order valence-corrected chi connectivity index (χ4v) is 2.11. The molecule has 1 aromatic heterocycles. The number of ether oxygens (including phenoxy) is 1. The lowest BCUT2D eigenvalue weighted by Crippen LogP contribution is -2.01. The van der Waals surface area contributed by atoms with Crippen LogP contribution in [0.4, 0.5) is 0 Å². The second-order valence-corrected chi connectivity index (χ2v) is 4.65. The van der Waals surface area contributed by atoms with Gasteiger partial charge in [0.25, 0.3) is 0 Å². The summed E-state index contributed by atoms with van der Waals surface area (Å²) in [6.07, 6.45) is 0.614. The maximum Gasteiger partial charge on any atom is 0.306 e. The third kappa shape index (κ3) is 2.91. The Kier molecular flexibility index (Phi) is 3.64. The fourth-order valence-electron chi connectivity index (χ4n) is 2.11. The Hall–Kier alpha value is -2.69. The third-order valence-electron chi connectivity index (χ3n) is 3.25. The van der Waals surface area contributed by atoms with E-state index in [0.717, 1.165) is 16.3 Å². The Bertz CT molecular complexity index is 780. The molecule has 0 aliphatic carbocycles. The van der Waals surface area contributed by atoms with Gasteiger partial charge in [0.05, 0.1) is 13.5 Å². The Labute approximate surface area is 121 Å². The summed E-state index contributed by atoms with van der Waals surface area (Å²) in [6.45, 7) is 0. The summed E-state index contributed by atoms with van der Waals surface area (Å²) >= 11 is 0. The van der Waals surface area contributed by atoms with Gasteiger partial charge < -0.3 is 9.26 Å². The van der Waals surface area contributed by atoms with Crippen molar-refractivity contribution in [3.8, 4) is 11.4 Å². The number of esters is 1. The highest BCUT2D eigenvalue weighted by Gasteiger charge is 2.11. The van der Waals surface area contributed by atoms with Gasteiger partial charge in [0.1, 0.15) is 0 Å². The van der Waals surface area contributed by atoms with Crippen molar-refractivity contribution in [1.29, 1.82) is 0 Å². The summed E-state index contributed by atoms with van der Waals surface area (Å²) in [5, 5.41) is 6.24. The van der Waals surface area contributed by atoms with Gasteiger partial charge in [-0.2, -0.15) is 4.98 Å². The van der Waals surface area contributed by atoms with E-state index in [-0.39, 0.29) is 12.4 Å². The topological polar surface area (TPSA) is 65.2 Å². The molecule has 0 aliphatic rings. The molecule has 106 valence electrons. The molecule has 0 atom stereocenters. The smallest absolute Gasteiger partial charge is 0.306 e. The second kappa shape index (κ2) is 5.75. The van der Waals surface area contributed by atoms with E-state index >= 15 is 0 Å². The minimum atomic E-state index is -0.291. The summed E-state index contributed by atoms with van der Waals surface area (Å²) < 4.78 is 9.74. The first-order chi connectivity index (χ1) is 10.3. The number of hydrogen-bond donors (Lipinski definition) is 0. The number of aromatic nitrogens is 2. The van der Waals surface area contributed by atoms with Crippen LogP contribution in [0.3, 0.4) is 0 Å². The highest BCUT2D eigenvalue weighted by atomic mass is 16.5. The van der Waals surface area contributed by atoms with Crippen LogP contribution >= 0.6 is 0 Å². The molecule has 3 rings (SSSR count). The van der Waals surface area contributed by atoms with Crippen LogP contribution in [0, 0.1) is 0 Å². The highest BCUT2D eigenvalue weighted by Crippen LogP contribution is 2.22. The average Bonchev–Trinajstić information content (AvgIpc) is 3.01. The van der Waals surface area contributed by atoms with Gasteiger partial charge in [-0.1, -0.05) is 41.6 Å². The molecule has 2 aromatic carbocycles. The molecular formula is C16H14N2O3. The lowest BCUT2D eigenvalue weighted by Gasteiger charge is -1.99. The van der Waals surface area contributed by atoms with Gasteiger partial charge in [-0.3, -0.25) is 4.79 Å². The van der Waals surface area contributed by atoms with Gasteiger partial charge in [-0.05, 0) is 16.8 Å². The van der Waals surface area contributed by atoms with Gasteiger partial charge in [-0.25, -0.2) is 0 Å². The average molecular weight is 282 g/mol. The summed E-state index contributed by atoms with van der Waals surface area (Å²) in [7, 11) is 1.36. The lowest BCUT2D eigenvalue weighted by molar-refractivity contribution is -0.140. The van der Waals surface area contributed by atoms with Gasteiger partial charge in [0.2, 0.25) is 11.7 Å². The number of fused-ring (bicyclic) bond motifs is 1. The summed E-state index contributed by atoms with van der Waals surface area (Å²) in [5.41, 5.74) is 0.891. The van der Waals surface area contributed by atoms with E-state index in [1.807, 2.05) is 36.4 Å². The van der Waals surface area contributed by atoms with Gasteiger partial charge in [0, 0.05) is 12.0 Å². The minimum Gasteiger partial charge on any atom is -0.469 e. The van der Waals surface area contributed by atoms with E-state index in [0.29, 0.717) is 18.1 Å². The molecule has 0 saturated heterocycles. The van der Waals surface area contributed by atoms with E-state index in [2.05, 4.69) is 20.9 Å². The van der Waals surface area contributed by atoms with Crippen molar-refractivity contribution < 1.29 is 14.1 Å². The number of hydrogen-bond acceptors (Lipinski definition) is 5. The van der Waals surface area contributed by atoms with Gasteiger partial charge in [-0.15, -0.1) is 0 Å². The van der Waals surface area contributed by atoms with Gasteiger partial charge >= 0.3 is 5.97 Å². The molecule has 1 heterocycles. The predicted octanol–water partition coefficient (Wildman–Crippen LogP) is 3.00. The van der Waals surface area contributed by atoms with E-state index < -0.39 is 0 Å². The van der Waals surface area contributed by atoms with Crippen LogP contribution in [0.5, 0.6) is 0 Å². The van der Waals surface area contributed by atoms with E-state index in [9.17, 15) is 4.79 Å². The van der Waals surface area contributed by atoms with Crippen molar-refractivity contribution in [3.63, 3.8) is 0 Å². The highest BCUT2D eigenvalue weighted by molar-refractivity contribution is 5.86. The quantitative estimate of drug-likeness (QED) is 0.688. The molecule has 3 aromatic rings. The van der Waals surface area contributed by atoms with Gasteiger partial charge in [0.15, 0.2) is 0 Å². The molecule has 21 heavy (non-hydrogen) atoms. The molecule has 0 bridgehead atoms.